The highest BCUT2D eigenvalue weighted by atomic mass is 16.5. The van der Waals surface area contributed by atoms with Gasteiger partial charge in [0.05, 0.1) is 18.6 Å². The number of hydrogen-bond acceptors (Lipinski definition) is 3. The Morgan fingerprint density at radius 2 is 2.33 bits per heavy atom. The van der Waals surface area contributed by atoms with E-state index in [2.05, 4.69) is 24.8 Å². The van der Waals surface area contributed by atoms with Gasteiger partial charge in [-0.2, -0.15) is 5.26 Å². The molecule has 1 aliphatic rings. The topological polar surface area (TPSA) is 36.3 Å². The van der Waals surface area contributed by atoms with Gasteiger partial charge in [0.1, 0.15) is 0 Å². The summed E-state index contributed by atoms with van der Waals surface area (Å²) in [7, 11) is 0. The second-order valence-electron chi connectivity index (χ2n) is 4.74. The lowest BCUT2D eigenvalue weighted by Crippen LogP contribution is -2.37. The maximum atomic E-state index is 8.85. The van der Waals surface area contributed by atoms with E-state index in [1.165, 1.54) is 0 Å². The van der Waals surface area contributed by atoms with Gasteiger partial charge in [0, 0.05) is 19.7 Å². The van der Waals surface area contributed by atoms with Gasteiger partial charge in [-0.25, -0.2) is 0 Å². The molecular formula is C12H22N2O. The van der Waals surface area contributed by atoms with Crippen LogP contribution in [0.1, 0.15) is 26.7 Å². The second-order valence-corrected chi connectivity index (χ2v) is 4.74. The smallest absolute Gasteiger partial charge is 0.0669 e. The van der Waals surface area contributed by atoms with Crippen LogP contribution in [0.3, 0.4) is 0 Å². The molecule has 0 aromatic carbocycles. The first-order chi connectivity index (χ1) is 7.22. The molecule has 1 aliphatic heterocycles. The van der Waals surface area contributed by atoms with Gasteiger partial charge in [0.25, 0.3) is 0 Å². The molecule has 0 bridgehead atoms. The zero-order chi connectivity index (χ0) is 11.1. The first kappa shape index (κ1) is 12.5. The summed E-state index contributed by atoms with van der Waals surface area (Å²) in [5.41, 5.74) is 0. The van der Waals surface area contributed by atoms with E-state index in [1.54, 1.807) is 0 Å². The minimum Gasteiger partial charge on any atom is -0.380 e. The van der Waals surface area contributed by atoms with Crippen molar-refractivity contribution in [2.24, 2.45) is 11.8 Å². The van der Waals surface area contributed by atoms with Gasteiger partial charge < -0.3 is 4.74 Å². The van der Waals surface area contributed by atoms with E-state index in [0.29, 0.717) is 5.92 Å². The van der Waals surface area contributed by atoms with Gasteiger partial charge in [-0.3, -0.25) is 4.90 Å². The Labute approximate surface area is 93.0 Å². The highest BCUT2D eigenvalue weighted by Crippen LogP contribution is 2.14. The molecule has 1 heterocycles. The fourth-order valence-corrected chi connectivity index (χ4v) is 1.88. The summed E-state index contributed by atoms with van der Waals surface area (Å²) in [6.45, 7) is 9.00. The van der Waals surface area contributed by atoms with Crippen molar-refractivity contribution < 1.29 is 4.74 Å². The van der Waals surface area contributed by atoms with E-state index in [9.17, 15) is 0 Å². The normalized spacial score (nSPS) is 22.9. The average Bonchev–Trinajstić information content (AvgIpc) is 2.24. The minimum absolute atomic E-state index is 0.240. The first-order valence-electron chi connectivity index (χ1n) is 5.92. The van der Waals surface area contributed by atoms with E-state index in [-0.39, 0.29) is 5.92 Å². The second kappa shape index (κ2) is 6.81. The molecule has 1 unspecified atom stereocenters. The third kappa shape index (κ3) is 5.15. The van der Waals surface area contributed by atoms with Crippen LogP contribution in [0.4, 0.5) is 0 Å². The maximum Gasteiger partial charge on any atom is 0.0669 e. The van der Waals surface area contributed by atoms with Crippen molar-refractivity contribution in [3.05, 3.63) is 0 Å². The third-order valence-corrected chi connectivity index (χ3v) is 2.69. The summed E-state index contributed by atoms with van der Waals surface area (Å²) >= 11 is 0. The lowest BCUT2D eigenvalue weighted by molar-refractivity contribution is 0.0756. The molecule has 15 heavy (non-hydrogen) atoms. The molecule has 0 spiro atoms. The Morgan fingerprint density at radius 1 is 1.53 bits per heavy atom. The zero-order valence-electron chi connectivity index (χ0n) is 9.91. The molecule has 0 aliphatic carbocycles. The average molecular weight is 210 g/mol. The van der Waals surface area contributed by atoms with E-state index in [4.69, 9.17) is 10.00 Å². The van der Waals surface area contributed by atoms with Crippen LogP contribution in [-0.4, -0.2) is 37.7 Å². The molecule has 1 atom stereocenters. The van der Waals surface area contributed by atoms with Gasteiger partial charge in [-0.1, -0.05) is 13.8 Å². The van der Waals surface area contributed by atoms with E-state index in [1.807, 2.05) is 0 Å². The molecular weight excluding hydrogens is 188 g/mol. The molecule has 3 heteroatoms. The molecule has 0 N–H and O–H groups in total. The maximum absolute atomic E-state index is 8.85. The monoisotopic (exact) mass is 210 g/mol. The van der Waals surface area contributed by atoms with Crippen LogP contribution in [0.2, 0.25) is 0 Å². The van der Waals surface area contributed by atoms with Crippen molar-refractivity contribution in [3.8, 4) is 6.07 Å². The number of rotatable bonds is 5. The summed E-state index contributed by atoms with van der Waals surface area (Å²) in [5.74, 6) is 0.849. The lowest BCUT2D eigenvalue weighted by Gasteiger charge is -2.29. The molecule has 3 nitrogen and oxygen atoms in total. The first-order valence-corrected chi connectivity index (χ1v) is 5.92. The molecule has 1 fully saturated rings. The third-order valence-electron chi connectivity index (χ3n) is 2.69. The fourth-order valence-electron chi connectivity index (χ4n) is 1.88. The van der Waals surface area contributed by atoms with Crippen molar-refractivity contribution in [1.29, 1.82) is 5.26 Å². The summed E-state index contributed by atoms with van der Waals surface area (Å²) < 4.78 is 5.54. The van der Waals surface area contributed by atoms with Crippen LogP contribution in [0.5, 0.6) is 0 Å². The molecule has 0 amide bonds. The van der Waals surface area contributed by atoms with Crippen molar-refractivity contribution in [2.45, 2.75) is 26.7 Å². The SMILES string of the molecule is CC(C)COCCN1CCCC(C#N)C1. The number of likely N-dealkylation sites (tertiary alicyclic amines) is 1. The van der Waals surface area contributed by atoms with E-state index >= 15 is 0 Å². The van der Waals surface area contributed by atoms with Gasteiger partial charge in [-0.05, 0) is 25.3 Å². The van der Waals surface area contributed by atoms with Gasteiger partial charge in [0.2, 0.25) is 0 Å². The predicted molar refractivity (Wildman–Crippen MR) is 60.4 cm³/mol. The Balaban J connectivity index is 2.08. The van der Waals surface area contributed by atoms with Crippen molar-refractivity contribution in [1.82, 2.24) is 4.90 Å². The van der Waals surface area contributed by atoms with Crippen LogP contribution < -0.4 is 0 Å². The summed E-state index contributed by atoms with van der Waals surface area (Å²) in [6, 6.07) is 2.36. The number of piperidine rings is 1. The summed E-state index contributed by atoms with van der Waals surface area (Å²) in [5, 5.41) is 8.85. The zero-order valence-corrected chi connectivity index (χ0v) is 9.91. The van der Waals surface area contributed by atoms with Gasteiger partial charge in [0.15, 0.2) is 0 Å². The van der Waals surface area contributed by atoms with Crippen LogP contribution in [0.15, 0.2) is 0 Å². The molecule has 0 radical (unpaired) electrons. The Hall–Kier alpha value is -0.590. The van der Waals surface area contributed by atoms with Crippen LogP contribution in [0.25, 0.3) is 0 Å². The van der Waals surface area contributed by atoms with Gasteiger partial charge >= 0.3 is 0 Å². The number of nitriles is 1. The standard InChI is InChI=1S/C12H22N2O/c1-11(2)10-15-7-6-14-5-3-4-12(8-13)9-14/h11-12H,3-7,9-10H2,1-2H3. The summed E-state index contributed by atoms with van der Waals surface area (Å²) in [6.07, 6.45) is 2.22. The molecule has 0 saturated carbocycles. The molecule has 1 saturated heterocycles. The van der Waals surface area contributed by atoms with Crippen LogP contribution >= 0.6 is 0 Å². The highest BCUT2D eigenvalue weighted by molar-refractivity contribution is 4.88. The quantitative estimate of drug-likeness (QED) is 0.650. The van der Waals surface area contributed by atoms with E-state index in [0.717, 1.165) is 45.7 Å². The van der Waals surface area contributed by atoms with Crippen molar-refractivity contribution >= 4 is 0 Å². The Kier molecular flexibility index (Phi) is 5.67. The molecule has 0 aromatic heterocycles. The number of hydrogen-bond donors (Lipinski definition) is 0. The van der Waals surface area contributed by atoms with Crippen molar-refractivity contribution in [2.75, 3.05) is 32.8 Å². The largest absolute Gasteiger partial charge is 0.380 e. The van der Waals surface area contributed by atoms with Crippen LogP contribution in [0, 0.1) is 23.2 Å². The molecule has 0 aromatic rings. The summed E-state index contributed by atoms with van der Waals surface area (Å²) in [4.78, 5) is 2.34. The Morgan fingerprint density at radius 3 is 3.00 bits per heavy atom. The minimum atomic E-state index is 0.240. The van der Waals surface area contributed by atoms with E-state index < -0.39 is 0 Å². The van der Waals surface area contributed by atoms with Crippen molar-refractivity contribution in [3.63, 3.8) is 0 Å². The van der Waals surface area contributed by atoms with Crippen LogP contribution in [-0.2, 0) is 4.74 Å². The fraction of sp³-hybridized carbons (Fsp3) is 0.917. The Bertz CT molecular complexity index is 210. The highest BCUT2D eigenvalue weighted by Gasteiger charge is 2.18. The molecule has 86 valence electrons. The number of nitrogens with zero attached hydrogens (tertiary/aromatic N) is 2. The lowest BCUT2D eigenvalue weighted by atomic mass is 10.00. The number of ether oxygens (including phenoxy) is 1. The van der Waals surface area contributed by atoms with Gasteiger partial charge in [-0.15, -0.1) is 0 Å². The predicted octanol–water partition coefficient (Wildman–Crippen LogP) is 1.89. The molecule has 1 rings (SSSR count).